The third-order valence-corrected chi connectivity index (χ3v) is 4.63. The van der Waals surface area contributed by atoms with Gasteiger partial charge in [0, 0.05) is 7.11 Å². The number of hydrogen-bond donors (Lipinski definition) is 1. The van der Waals surface area contributed by atoms with E-state index in [0.717, 1.165) is 11.4 Å². The van der Waals surface area contributed by atoms with Crippen LogP contribution in [0.15, 0.2) is 0 Å². The van der Waals surface area contributed by atoms with Gasteiger partial charge in [0.1, 0.15) is 0 Å². The Morgan fingerprint density at radius 2 is 2.08 bits per heavy atom. The van der Waals surface area contributed by atoms with Crippen molar-refractivity contribution in [2.45, 2.75) is 20.0 Å². The Labute approximate surface area is 81.8 Å². The number of carbonyl (C=O) groups is 1. The van der Waals surface area contributed by atoms with Gasteiger partial charge in [-0.15, -0.1) is 0 Å². The molecule has 0 heterocycles. The number of hydrogen-bond acceptors (Lipinski definition) is 5. The normalized spacial score (nSPS) is 15.2. The van der Waals surface area contributed by atoms with E-state index in [1.165, 1.54) is 7.11 Å². The largest absolute Gasteiger partial charge is 0.447 e. The number of amides is 1. The predicted octanol–water partition coefficient (Wildman–Crippen LogP) is 2.24. The number of nitrogens with one attached hydrogen (secondary N) is 1. The summed E-state index contributed by atoms with van der Waals surface area (Å²) in [5.41, 5.74) is 0. The molecule has 1 unspecified atom stereocenters. The Balaban J connectivity index is 4.10. The third kappa shape index (κ3) is 5.18. The van der Waals surface area contributed by atoms with Crippen molar-refractivity contribution >= 4 is 24.2 Å². The van der Waals surface area contributed by atoms with Crippen molar-refractivity contribution in [1.82, 2.24) is 5.09 Å². The number of ether oxygens (including phenoxy) is 1. The lowest BCUT2D eigenvalue weighted by atomic mass is 10.5. The van der Waals surface area contributed by atoms with Gasteiger partial charge in [0.15, 0.2) is 0 Å². The molecule has 0 radical (unpaired) electrons. The van der Waals surface area contributed by atoms with E-state index in [-0.39, 0.29) is 6.10 Å². The SMILES string of the molecule is COP(=O)(NC(=O)OC(C)C)SC. The lowest BCUT2D eigenvalue weighted by Crippen LogP contribution is -2.23. The molecule has 0 rings (SSSR count). The van der Waals surface area contributed by atoms with Crippen molar-refractivity contribution < 1.29 is 18.6 Å². The summed E-state index contributed by atoms with van der Waals surface area (Å²) in [6.45, 7) is 0.308. The van der Waals surface area contributed by atoms with Crippen LogP contribution in [0.1, 0.15) is 13.8 Å². The minimum atomic E-state index is -3.10. The van der Waals surface area contributed by atoms with Gasteiger partial charge in [0.05, 0.1) is 6.10 Å². The molecule has 0 aromatic carbocycles. The fraction of sp³-hybridized carbons (Fsp3) is 0.833. The number of rotatable bonds is 4. The summed E-state index contributed by atoms with van der Waals surface area (Å²) in [7, 11) is 1.27. The molecule has 0 aliphatic carbocycles. The monoisotopic (exact) mass is 227 g/mol. The fourth-order valence-corrected chi connectivity index (χ4v) is 2.07. The van der Waals surface area contributed by atoms with E-state index in [1.54, 1.807) is 20.1 Å². The topological polar surface area (TPSA) is 64.6 Å². The van der Waals surface area contributed by atoms with Crippen molar-refractivity contribution in [1.29, 1.82) is 0 Å². The lowest BCUT2D eigenvalue weighted by molar-refractivity contribution is 0.120. The predicted molar refractivity (Wildman–Crippen MR) is 52.9 cm³/mol. The molecule has 78 valence electrons. The van der Waals surface area contributed by atoms with Crippen LogP contribution in [0, 0.1) is 0 Å². The summed E-state index contributed by atoms with van der Waals surface area (Å²) >= 11 is 0.949. The maximum absolute atomic E-state index is 11.5. The average molecular weight is 227 g/mol. The molecule has 13 heavy (non-hydrogen) atoms. The molecule has 1 atom stereocenters. The first-order valence-corrected chi connectivity index (χ1v) is 7.09. The molecule has 1 amide bonds. The summed E-state index contributed by atoms with van der Waals surface area (Å²) in [5.74, 6) is 0. The molecule has 7 heteroatoms. The zero-order chi connectivity index (χ0) is 10.5. The van der Waals surface area contributed by atoms with Gasteiger partial charge in [-0.05, 0) is 20.1 Å². The molecule has 0 aromatic rings. The van der Waals surface area contributed by atoms with E-state index in [4.69, 9.17) is 4.74 Å². The summed E-state index contributed by atoms with van der Waals surface area (Å²) in [6, 6.07) is 0. The number of carbonyl (C=O) groups excluding carboxylic acids is 1. The first-order valence-electron chi connectivity index (χ1n) is 3.64. The maximum atomic E-state index is 11.5. The van der Waals surface area contributed by atoms with E-state index in [1.807, 2.05) is 0 Å². The minimum Gasteiger partial charge on any atom is -0.447 e. The first-order chi connectivity index (χ1) is 5.93. The standard InChI is InChI=1S/C6H14NO4PS/c1-5(2)11-6(8)7-12(9,10-3)13-4/h5H,1-4H3,(H,7,8,9). The molecule has 0 aromatic heterocycles. The third-order valence-electron chi connectivity index (χ3n) is 1.05. The molecule has 0 spiro atoms. The zero-order valence-electron chi connectivity index (χ0n) is 8.07. The molecule has 0 fully saturated rings. The average Bonchev–Trinajstić information content (AvgIpc) is 2.02. The van der Waals surface area contributed by atoms with Crippen LogP contribution in [0.2, 0.25) is 0 Å². The Morgan fingerprint density at radius 3 is 2.38 bits per heavy atom. The highest BCUT2D eigenvalue weighted by atomic mass is 32.7. The summed E-state index contributed by atoms with van der Waals surface area (Å²) in [4.78, 5) is 11.0. The van der Waals surface area contributed by atoms with E-state index in [0.29, 0.717) is 0 Å². The molecule has 5 nitrogen and oxygen atoms in total. The molecular formula is C6H14NO4PS. The molecule has 1 N–H and O–H groups in total. The Kier molecular flexibility index (Phi) is 5.44. The van der Waals surface area contributed by atoms with Gasteiger partial charge in [-0.2, -0.15) is 0 Å². The molecular weight excluding hydrogens is 213 g/mol. The van der Waals surface area contributed by atoms with E-state index in [2.05, 4.69) is 9.61 Å². The first kappa shape index (κ1) is 12.8. The quantitative estimate of drug-likeness (QED) is 0.746. The summed E-state index contributed by atoms with van der Waals surface area (Å²) < 4.78 is 20.9. The van der Waals surface area contributed by atoms with Crippen LogP contribution >= 0.6 is 18.1 Å². The lowest BCUT2D eigenvalue weighted by Gasteiger charge is -2.15. The van der Waals surface area contributed by atoms with Gasteiger partial charge < -0.3 is 9.26 Å². The second-order valence-electron chi connectivity index (χ2n) is 2.43. The van der Waals surface area contributed by atoms with Gasteiger partial charge in [0.2, 0.25) is 0 Å². The smallest absolute Gasteiger partial charge is 0.415 e. The second kappa shape index (κ2) is 5.52. The van der Waals surface area contributed by atoms with E-state index >= 15 is 0 Å². The van der Waals surface area contributed by atoms with Crippen LogP contribution in [-0.4, -0.2) is 25.6 Å². The van der Waals surface area contributed by atoms with Crippen LogP contribution in [-0.2, 0) is 13.8 Å². The van der Waals surface area contributed by atoms with Gasteiger partial charge in [0.25, 0.3) is 0 Å². The van der Waals surface area contributed by atoms with Crippen LogP contribution in [0.3, 0.4) is 0 Å². The van der Waals surface area contributed by atoms with Crippen molar-refractivity contribution in [3.05, 3.63) is 0 Å². The van der Waals surface area contributed by atoms with E-state index in [9.17, 15) is 9.36 Å². The van der Waals surface area contributed by atoms with Gasteiger partial charge >= 0.3 is 12.8 Å². The van der Waals surface area contributed by atoms with Crippen molar-refractivity contribution in [2.75, 3.05) is 13.4 Å². The summed E-state index contributed by atoms with van der Waals surface area (Å²) in [6.07, 6.45) is 0.613. The molecule has 0 aliphatic heterocycles. The molecule has 0 aliphatic rings. The van der Waals surface area contributed by atoms with Crippen LogP contribution in [0.5, 0.6) is 0 Å². The molecule has 0 saturated carbocycles. The Hall–Kier alpha value is -0.190. The van der Waals surface area contributed by atoms with Gasteiger partial charge in [-0.3, -0.25) is 4.57 Å². The Morgan fingerprint density at radius 1 is 1.54 bits per heavy atom. The minimum absolute atomic E-state index is 0.243. The molecule has 0 saturated heterocycles. The highest BCUT2D eigenvalue weighted by Crippen LogP contribution is 2.53. The highest BCUT2D eigenvalue weighted by Gasteiger charge is 2.24. The molecule has 0 bridgehead atoms. The van der Waals surface area contributed by atoms with Gasteiger partial charge in [-0.1, -0.05) is 11.4 Å². The van der Waals surface area contributed by atoms with Crippen molar-refractivity contribution in [3.63, 3.8) is 0 Å². The van der Waals surface area contributed by atoms with Crippen LogP contribution < -0.4 is 5.09 Å². The second-order valence-corrected chi connectivity index (χ2v) is 6.91. The highest BCUT2D eigenvalue weighted by molar-refractivity contribution is 8.55. The van der Waals surface area contributed by atoms with Gasteiger partial charge in [-0.25, -0.2) is 9.88 Å². The van der Waals surface area contributed by atoms with Crippen molar-refractivity contribution in [2.24, 2.45) is 0 Å². The maximum Gasteiger partial charge on any atom is 0.415 e. The van der Waals surface area contributed by atoms with Crippen molar-refractivity contribution in [3.8, 4) is 0 Å². The zero-order valence-corrected chi connectivity index (χ0v) is 9.78. The summed E-state index contributed by atoms with van der Waals surface area (Å²) in [5, 5.41) is 2.16. The van der Waals surface area contributed by atoms with Crippen LogP contribution in [0.4, 0.5) is 4.79 Å². The fourth-order valence-electron chi connectivity index (χ4n) is 0.518. The van der Waals surface area contributed by atoms with Crippen LogP contribution in [0.25, 0.3) is 0 Å². The Bertz CT molecular complexity index is 213. The van der Waals surface area contributed by atoms with E-state index < -0.39 is 12.8 Å².